The summed E-state index contributed by atoms with van der Waals surface area (Å²) in [4.78, 5) is 24.1. The van der Waals surface area contributed by atoms with Crippen molar-refractivity contribution < 1.29 is 9.72 Å². The molecule has 0 saturated carbocycles. The minimum absolute atomic E-state index is 0.146. The number of anilines is 1. The Kier molecular flexibility index (Phi) is 6.16. The molecule has 0 aliphatic carbocycles. The van der Waals surface area contributed by atoms with Crippen molar-refractivity contribution in [1.82, 2.24) is 20.2 Å². The number of nitrogens with zero attached hydrogens (tertiary/aromatic N) is 5. The third-order valence-corrected chi connectivity index (χ3v) is 5.44. The molecule has 0 spiro atoms. The average molecular weight is 427 g/mol. The summed E-state index contributed by atoms with van der Waals surface area (Å²) in [7, 11) is 0. The Balaban J connectivity index is 1.96. The molecule has 10 heteroatoms. The van der Waals surface area contributed by atoms with Crippen LogP contribution in [0.15, 0.2) is 53.7 Å². The summed E-state index contributed by atoms with van der Waals surface area (Å²) < 4.78 is 1.65. The van der Waals surface area contributed by atoms with E-state index in [4.69, 9.17) is 0 Å². The lowest BCUT2D eigenvalue weighted by molar-refractivity contribution is -0.384. The van der Waals surface area contributed by atoms with E-state index < -0.39 is 16.1 Å². The maximum absolute atomic E-state index is 13.2. The van der Waals surface area contributed by atoms with Gasteiger partial charge in [0, 0.05) is 6.07 Å². The Hall–Kier alpha value is -3.27. The molecule has 30 heavy (non-hydrogen) atoms. The lowest BCUT2D eigenvalue weighted by atomic mass is 10.1. The molecule has 1 amide bonds. The van der Waals surface area contributed by atoms with Gasteiger partial charge in [0.2, 0.25) is 11.1 Å². The maximum atomic E-state index is 13.2. The molecule has 1 N–H and O–H groups in total. The topological polar surface area (TPSA) is 116 Å². The fraction of sp³-hybridized carbons (Fsp3) is 0.300. The lowest BCUT2D eigenvalue weighted by Gasteiger charge is -2.22. The summed E-state index contributed by atoms with van der Waals surface area (Å²) in [6.45, 7) is 7.63. The summed E-state index contributed by atoms with van der Waals surface area (Å²) in [6, 6.07) is 13.9. The third-order valence-electron chi connectivity index (χ3n) is 4.25. The highest BCUT2D eigenvalue weighted by Crippen LogP contribution is 2.37. The van der Waals surface area contributed by atoms with Gasteiger partial charge >= 0.3 is 0 Å². The van der Waals surface area contributed by atoms with Crippen LogP contribution in [0.5, 0.6) is 0 Å². The summed E-state index contributed by atoms with van der Waals surface area (Å²) >= 11 is 1.19. The molecule has 156 valence electrons. The number of benzene rings is 2. The predicted octanol–water partition coefficient (Wildman–Crippen LogP) is 4.12. The van der Waals surface area contributed by atoms with Crippen molar-refractivity contribution in [3.05, 3.63) is 69.8 Å². The second-order valence-corrected chi connectivity index (χ2v) is 8.79. The SMILES string of the molecule is Cc1ccc(NC(=O)C(Sc2nnnn2C(C)(C)C)c2ccccc2)c([N+](=O)[O-])c1. The van der Waals surface area contributed by atoms with Gasteiger partial charge in [0.1, 0.15) is 10.9 Å². The van der Waals surface area contributed by atoms with E-state index in [-0.39, 0.29) is 16.9 Å². The number of carbonyl (C=O) groups is 1. The van der Waals surface area contributed by atoms with Crippen molar-refractivity contribution in [2.75, 3.05) is 5.32 Å². The van der Waals surface area contributed by atoms with E-state index >= 15 is 0 Å². The number of hydrogen-bond acceptors (Lipinski definition) is 7. The first-order valence-electron chi connectivity index (χ1n) is 9.23. The molecule has 0 bridgehead atoms. The zero-order chi connectivity index (χ0) is 21.9. The molecule has 2 aromatic carbocycles. The van der Waals surface area contributed by atoms with E-state index in [0.29, 0.717) is 5.16 Å². The largest absolute Gasteiger partial charge is 0.319 e. The van der Waals surface area contributed by atoms with Gasteiger partial charge in [0.05, 0.1) is 10.5 Å². The first kappa shape index (κ1) is 21.4. The van der Waals surface area contributed by atoms with Crippen molar-refractivity contribution in [2.45, 2.75) is 43.6 Å². The smallest absolute Gasteiger partial charge is 0.293 e. The van der Waals surface area contributed by atoms with Crippen LogP contribution in [0.1, 0.15) is 37.1 Å². The molecule has 0 aliphatic rings. The molecule has 1 unspecified atom stereocenters. The Labute approximate surface area is 178 Å². The predicted molar refractivity (Wildman–Crippen MR) is 114 cm³/mol. The molecular weight excluding hydrogens is 404 g/mol. The van der Waals surface area contributed by atoms with Crippen molar-refractivity contribution >= 4 is 29.0 Å². The fourth-order valence-electron chi connectivity index (χ4n) is 2.78. The van der Waals surface area contributed by atoms with Crippen molar-refractivity contribution in [1.29, 1.82) is 0 Å². The number of thioether (sulfide) groups is 1. The number of rotatable bonds is 6. The molecule has 3 aromatic rings. The van der Waals surface area contributed by atoms with Crippen LogP contribution in [-0.2, 0) is 10.3 Å². The Morgan fingerprint density at radius 2 is 1.90 bits per heavy atom. The number of aromatic nitrogens is 4. The standard InChI is InChI=1S/C20H22N6O3S/c1-13-10-11-15(16(12-13)26(28)29)21-18(27)17(14-8-6-5-7-9-14)30-19-22-23-24-25(19)20(2,3)4/h5-12,17H,1-4H3,(H,21,27). The van der Waals surface area contributed by atoms with Gasteiger partial charge in [-0.3, -0.25) is 14.9 Å². The number of nitro groups is 1. The molecule has 9 nitrogen and oxygen atoms in total. The molecule has 0 aliphatic heterocycles. The number of carbonyl (C=O) groups excluding carboxylic acids is 1. The summed E-state index contributed by atoms with van der Waals surface area (Å²) in [5, 5.41) is 25.8. The van der Waals surface area contributed by atoms with Gasteiger partial charge in [-0.1, -0.05) is 48.2 Å². The Morgan fingerprint density at radius 3 is 2.53 bits per heavy atom. The number of aryl methyl sites for hydroxylation is 1. The van der Waals surface area contributed by atoms with Gasteiger partial charge < -0.3 is 5.32 Å². The van der Waals surface area contributed by atoms with Gasteiger partial charge in [-0.05, 0) is 55.3 Å². The van der Waals surface area contributed by atoms with Crippen LogP contribution in [0.2, 0.25) is 0 Å². The maximum Gasteiger partial charge on any atom is 0.293 e. The van der Waals surface area contributed by atoms with Crippen LogP contribution in [0, 0.1) is 17.0 Å². The van der Waals surface area contributed by atoms with E-state index in [1.54, 1.807) is 17.7 Å². The number of hydrogen-bond donors (Lipinski definition) is 1. The van der Waals surface area contributed by atoms with Crippen LogP contribution >= 0.6 is 11.8 Å². The number of tetrazole rings is 1. The monoisotopic (exact) mass is 426 g/mol. The molecule has 3 rings (SSSR count). The second-order valence-electron chi connectivity index (χ2n) is 7.72. The zero-order valence-electron chi connectivity index (χ0n) is 17.1. The normalized spacial score (nSPS) is 12.4. The highest BCUT2D eigenvalue weighted by molar-refractivity contribution is 8.00. The van der Waals surface area contributed by atoms with Crippen LogP contribution in [0.3, 0.4) is 0 Å². The summed E-state index contributed by atoms with van der Waals surface area (Å²) in [5.74, 6) is -0.401. The number of amides is 1. The Bertz CT molecular complexity index is 1060. The quantitative estimate of drug-likeness (QED) is 0.358. The van der Waals surface area contributed by atoms with Crippen LogP contribution in [0.4, 0.5) is 11.4 Å². The zero-order valence-corrected chi connectivity index (χ0v) is 17.9. The van der Waals surface area contributed by atoms with Gasteiger partial charge in [-0.2, -0.15) is 0 Å². The van der Waals surface area contributed by atoms with Crippen LogP contribution in [-0.4, -0.2) is 31.0 Å². The molecule has 0 saturated heterocycles. The fourth-order valence-corrected chi connectivity index (χ4v) is 3.94. The summed E-state index contributed by atoms with van der Waals surface area (Å²) in [5.41, 5.74) is 1.09. The average Bonchev–Trinajstić information content (AvgIpc) is 3.17. The minimum Gasteiger partial charge on any atom is -0.319 e. The van der Waals surface area contributed by atoms with Gasteiger partial charge in [-0.15, -0.1) is 5.10 Å². The highest BCUT2D eigenvalue weighted by Gasteiger charge is 2.29. The lowest BCUT2D eigenvalue weighted by Crippen LogP contribution is -2.25. The van der Waals surface area contributed by atoms with Crippen LogP contribution < -0.4 is 5.32 Å². The molecule has 1 heterocycles. The van der Waals surface area contributed by atoms with E-state index in [9.17, 15) is 14.9 Å². The number of nitrogens with one attached hydrogen (secondary N) is 1. The molecule has 1 aromatic heterocycles. The third kappa shape index (κ3) is 4.82. The first-order chi connectivity index (χ1) is 14.2. The molecule has 0 radical (unpaired) electrons. The molecule has 1 atom stereocenters. The van der Waals surface area contributed by atoms with Crippen molar-refractivity contribution in [3.63, 3.8) is 0 Å². The van der Waals surface area contributed by atoms with Gasteiger partial charge in [0.15, 0.2) is 0 Å². The second kappa shape index (κ2) is 8.62. The summed E-state index contributed by atoms with van der Waals surface area (Å²) in [6.07, 6.45) is 0. The van der Waals surface area contributed by atoms with Crippen LogP contribution in [0.25, 0.3) is 0 Å². The van der Waals surface area contributed by atoms with E-state index in [1.165, 1.54) is 23.9 Å². The molecular formula is C20H22N6O3S. The number of nitro benzene ring substituents is 1. The first-order valence-corrected chi connectivity index (χ1v) is 10.1. The van der Waals surface area contributed by atoms with Crippen molar-refractivity contribution in [3.8, 4) is 0 Å². The highest BCUT2D eigenvalue weighted by atomic mass is 32.2. The molecule has 0 fully saturated rings. The van der Waals surface area contributed by atoms with Crippen molar-refractivity contribution in [2.24, 2.45) is 0 Å². The van der Waals surface area contributed by atoms with E-state index in [2.05, 4.69) is 20.8 Å². The van der Waals surface area contributed by atoms with Gasteiger partial charge in [-0.25, -0.2) is 4.68 Å². The van der Waals surface area contributed by atoms with E-state index in [0.717, 1.165) is 11.1 Å². The Morgan fingerprint density at radius 1 is 1.20 bits per heavy atom. The van der Waals surface area contributed by atoms with E-state index in [1.807, 2.05) is 51.1 Å². The van der Waals surface area contributed by atoms with Gasteiger partial charge in [0.25, 0.3) is 5.69 Å². The minimum atomic E-state index is -0.709.